The van der Waals surface area contributed by atoms with Crippen molar-refractivity contribution < 1.29 is 14.0 Å². The molecule has 1 aliphatic heterocycles. The molecule has 5 nitrogen and oxygen atoms in total. The number of benzene rings is 2. The second-order valence-corrected chi connectivity index (χ2v) is 5.69. The lowest BCUT2D eigenvalue weighted by molar-refractivity contribution is -0.118. The van der Waals surface area contributed by atoms with Crippen molar-refractivity contribution in [2.24, 2.45) is 5.10 Å². The van der Waals surface area contributed by atoms with Crippen molar-refractivity contribution in [2.45, 2.75) is 19.3 Å². The van der Waals surface area contributed by atoms with Gasteiger partial charge < -0.3 is 5.32 Å². The van der Waals surface area contributed by atoms with Gasteiger partial charge in [-0.15, -0.1) is 0 Å². The molecule has 0 atom stereocenters. The lowest BCUT2D eigenvalue weighted by atomic mass is 10.1. The number of hydrogen-bond acceptors (Lipinski definition) is 3. The van der Waals surface area contributed by atoms with Crippen LogP contribution in [0.3, 0.4) is 0 Å². The number of nitrogens with zero attached hydrogens (tertiary/aromatic N) is 2. The molecule has 3 rings (SSSR count). The molecular weight excluding hydrogens is 321 g/mol. The first-order chi connectivity index (χ1) is 12.1. The van der Waals surface area contributed by atoms with E-state index in [4.69, 9.17) is 0 Å². The molecule has 2 amide bonds. The van der Waals surface area contributed by atoms with Crippen LogP contribution in [-0.4, -0.2) is 24.1 Å². The minimum Gasteiger partial charge on any atom is -0.351 e. The Labute approximate surface area is 145 Å². The molecule has 0 aromatic heterocycles. The van der Waals surface area contributed by atoms with Gasteiger partial charge in [-0.3, -0.25) is 9.59 Å². The quantitative estimate of drug-likeness (QED) is 0.910. The van der Waals surface area contributed by atoms with E-state index in [-0.39, 0.29) is 24.1 Å². The zero-order chi connectivity index (χ0) is 17.6. The van der Waals surface area contributed by atoms with Crippen LogP contribution in [0.25, 0.3) is 0 Å². The van der Waals surface area contributed by atoms with Gasteiger partial charge >= 0.3 is 0 Å². The van der Waals surface area contributed by atoms with Crippen LogP contribution in [-0.2, 0) is 16.0 Å². The Kier molecular flexibility index (Phi) is 5.18. The molecule has 0 unspecified atom stereocenters. The van der Waals surface area contributed by atoms with Crippen molar-refractivity contribution in [3.05, 3.63) is 66.0 Å². The first-order valence-corrected chi connectivity index (χ1v) is 8.12. The molecule has 0 aliphatic carbocycles. The fraction of sp³-hybridized carbons (Fsp3) is 0.211. The number of halogens is 1. The van der Waals surface area contributed by atoms with Crippen LogP contribution >= 0.6 is 0 Å². The Morgan fingerprint density at radius 2 is 1.80 bits per heavy atom. The molecule has 0 saturated carbocycles. The second kappa shape index (κ2) is 7.70. The molecule has 2 aromatic carbocycles. The highest BCUT2D eigenvalue weighted by atomic mass is 19.1. The monoisotopic (exact) mass is 339 g/mol. The molecule has 0 spiro atoms. The van der Waals surface area contributed by atoms with E-state index in [2.05, 4.69) is 10.4 Å². The molecule has 25 heavy (non-hydrogen) atoms. The van der Waals surface area contributed by atoms with E-state index in [0.29, 0.717) is 36.3 Å². The van der Waals surface area contributed by atoms with Crippen LogP contribution in [0.5, 0.6) is 0 Å². The van der Waals surface area contributed by atoms with E-state index in [0.717, 1.165) is 0 Å². The first kappa shape index (κ1) is 16.8. The minimum absolute atomic E-state index is 0.144. The lowest BCUT2D eigenvalue weighted by Gasteiger charge is -2.23. The first-order valence-electron chi connectivity index (χ1n) is 8.12. The average molecular weight is 339 g/mol. The highest BCUT2D eigenvalue weighted by Crippen LogP contribution is 2.19. The van der Waals surface area contributed by atoms with Gasteiger partial charge in [-0.05, 0) is 30.2 Å². The van der Waals surface area contributed by atoms with Gasteiger partial charge in [0.2, 0.25) is 5.91 Å². The summed E-state index contributed by atoms with van der Waals surface area (Å²) >= 11 is 0. The molecule has 2 aromatic rings. The Morgan fingerprint density at radius 1 is 1.08 bits per heavy atom. The lowest BCUT2D eigenvalue weighted by Crippen LogP contribution is -2.39. The van der Waals surface area contributed by atoms with E-state index >= 15 is 0 Å². The van der Waals surface area contributed by atoms with Crippen LogP contribution in [0.2, 0.25) is 0 Å². The van der Waals surface area contributed by atoms with Gasteiger partial charge in [0.15, 0.2) is 0 Å². The fourth-order valence-corrected chi connectivity index (χ4v) is 2.60. The third-order valence-electron chi connectivity index (χ3n) is 3.93. The maximum Gasteiger partial charge on any atom is 0.267 e. The molecule has 1 heterocycles. The molecule has 0 fully saturated rings. The van der Waals surface area contributed by atoms with Crippen molar-refractivity contribution in [3.8, 4) is 0 Å². The van der Waals surface area contributed by atoms with Crippen LogP contribution in [0.15, 0.2) is 59.7 Å². The smallest absolute Gasteiger partial charge is 0.267 e. The van der Waals surface area contributed by atoms with Gasteiger partial charge in [0.25, 0.3) is 5.91 Å². The highest BCUT2D eigenvalue weighted by molar-refractivity contribution is 6.40. The normalized spacial score (nSPS) is 14.2. The number of carbonyl (C=O) groups excluding carboxylic acids is 2. The van der Waals surface area contributed by atoms with Crippen molar-refractivity contribution in [1.82, 2.24) is 5.32 Å². The number of hydrogen-bond donors (Lipinski definition) is 1. The SMILES string of the molecule is O=C(NCCc1ccccc1F)C1=NN(c2ccccc2)C(=O)CC1. The van der Waals surface area contributed by atoms with E-state index in [9.17, 15) is 14.0 Å². The second-order valence-electron chi connectivity index (χ2n) is 5.69. The van der Waals surface area contributed by atoms with Gasteiger partial charge in [-0.25, -0.2) is 9.40 Å². The number of carbonyl (C=O) groups is 2. The van der Waals surface area contributed by atoms with Crippen molar-refractivity contribution >= 4 is 23.2 Å². The molecule has 0 bridgehead atoms. The molecule has 1 N–H and O–H groups in total. The molecular formula is C19H18FN3O2. The molecule has 6 heteroatoms. The highest BCUT2D eigenvalue weighted by Gasteiger charge is 2.25. The summed E-state index contributed by atoms with van der Waals surface area (Å²) in [5, 5.41) is 8.19. The predicted octanol–water partition coefficient (Wildman–Crippen LogP) is 2.67. The topological polar surface area (TPSA) is 61.8 Å². The Balaban J connectivity index is 1.63. The van der Waals surface area contributed by atoms with E-state index in [1.54, 1.807) is 42.5 Å². The van der Waals surface area contributed by atoms with E-state index in [1.165, 1.54) is 11.1 Å². The predicted molar refractivity (Wildman–Crippen MR) is 93.7 cm³/mol. The zero-order valence-electron chi connectivity index (χ0n) is 13.6. The van der Waals surface area contributed by atoms with Crippen molar-refractivity contribution in [1.29, 1.82) is 0 Å². The van der Waals surface area contributed by atoms with E-state index in [1.807, 2.05) is 6.07 Å². The van der Waals surface area contributed by atoms with Gasteiger partial charge in [-0.1, -0.05) is 36.4 Å². The minimum atomic E-state index is -0.329. The molecule has 0 saturated heterocycles. The number of anilines is 1. The summed E-state index contributed by atoms with van der Waals surface area (Å²) in [6.07, 6.45) is 0.926. The summed E-state index contributed by atoms with van der Waals surface area (Å²) in [6.45, 7) is 0.304. The summed E-state index contributed by atoms with van der Waals surface area (Å²) in [5.74, 6) is -0.758. The maximum atomic E-state index is 13.6. The zero-order valence-corrected chi connectivity index (χ0v) is 13.6. The Hall–Kier alpha value is -3.02. The van der Waals surface area contributed by atoms with Gasteiger partial charge in [-0.2, -0.15) is 5.10 Å². The average Bonchev–Trinajstić information content (AvgIpc) is 2.64. The Bertz CT molecular complexity index is 805. The number of para-hydroxylation sites is 1. The van der Waals surface area contributed by atoms with Gasteiger partial charge in [0, 0.05) is 19.4 Å². The third-order valence-corrected chi connectivity index (χ3v) is 3.93. The van der Waals surface area contributed by atoms with E-state index < -0.39 is 0 Å². The summed E-state index contributed by atoms with van der Waals surface area (Å²) in [4.78, 5) is 24.3. The number of hydrazone groups is 1. The summed E-state index contributed by atoms with van der Waals surface area (Å²) in [5.41, 5.74) is 1.48. The van der Waals surface area contributed by atoms with Crippen molar-refractivity contribution in [3.63, 3.8) is 0 Å². The molecule has 1 aliphatic rings. The van der Waals surface area contributed by atoms with Crippen LogP contribution in [0.4, 0.5) is 10.1 Å². The fourth-order valence-electron chi connectivity index (χ4n) is 2.60. The Morgan fingerprint density at radius 3 is 2.56 bits per heavy atom. The van der Waals surface area contributed by atoms with Crippen LogP contribution in [0.1, 0.15) is 18.4 Å². The van der Waals surface area contributed by atoms with Crippen LogP contribution < -0.4 is 10.3 Å². The molecule has 0 radical (unpaired) electrons. The summed E-state index contributed by atoms with van der Waals surface area (Å²) in [6, 6.07) is 15.5. The standard InChI is InChI=1S/C19H18FN3O2/c20-16-9-5-4-6-14(16)12-13-21-19(25)17-10-11-18(24)23(22-17)15-7-2-1-3-8-15/h1-9H,10-13H2,(H,21,25). The largest absolute Gasteiger partial charge is 0.351 e. The number of nitrogens with one attached hydrogen (secondary N) is 1. The number of amides is 2. The van der Waals surface area contributed by atoms with Crippen molar-refractivity contribution in [2.75, 3.05) is 11.6 Å². The summed E-state index contributed by atoms with van der Waals surface area (Å²) < 4.78 is 13.6. The summed E-state index contributed by atoms with van der Waals surface area (Å²) in [7, 11) is 0. The van der Waals surface area contributed by atoms with Gasteiger partial charge in [0.05, 0.1) is 5.69 Å². The maximum absolute atomic E-state index is 13.6. The van der Waals surface area contributed by atoms with Crippen LogP contribution in [0, 0.1) is 5.82 Å². The third kappa shape index (κ3) is 4.09. The number of rotatable bonds is 5. The van der Waals surface area contributed by atoms with Gasteiger partial charge in [0.1, 0.15) is 11.5 Å². The molecule has 128 valence electrons.